The van der Waals surface area contributed by atoms with Gasteiger partial charge in [0.15, 0.2) is 0 Å². The van der Waals surface area contributed by atoms with E-state index in [1.165, 1.54) is 0 Å². The molecule has 1 aromatic carbocycles. The third-order valence-corrected chi connectivity index (χ3v) is 4.29. The van der Waals surface area contributed by atoms with E-state index in [0.29, 0.717) is 5.25 Å². The molecular weight excluding hydrogens is 218 g/mol. The molecule has 0 N–H and O–H groups in total. The van der Waals surface area contributed by atoms with Gasteiger partial charge in [-0.05, 0) is 18.6 Å². The molecule has 2 atom stereocenters. The summed E-state index contributed by atoms with van der Waals surface area (Å²) >= 11 is 1.80. The maximum absolute atomic E-state index is 12.2. The second-order valence-electron chi connectivity index (χ2n) is 4.13. The summed E-state index contributed by atoms with van der Waals surface area (Å²) in [4.78, 5) is 14.1. The Kier molecular flexibility index (Phi) is 3.54. The Hall–Kier alpha value is -0.960. The van der Waals surface area contributed by atoms with Crippen molar-refractivity contribution in [3.63, 3.8) is 0 Å². The molecule has 0 spiro atoms. The first-order valence-corrected chi connectivity index (χ1v) is 6.68. The highest BCUT2D eigenvalue weighted by molar-refractivity contribution is 8.01. The predicted molar refractivity (Wildman–Crippen MR) is 69.9 cm³/mol. The van der Waals surface area contributed by atoms with E-state index in [2.05, 4.69) is 13.8 Å². The Balaban J connectivity index is 2.23. The molecule has 0 bridgehead atoms. The van der Waals surface area contributed by atoms with E-state index in [0.717, 1.165) is 18.7 Å². The molecule has 1 heterocycles. The summed E-state index contributed by atoms with van der Waals surface area (Å²) in [5, 5.41) is 0.645. The van der Waals surface area contributed by atoms with E-state index < -0.39 is 0 Å². The monoisotopic (exact) mass is 235 g/mol. The van der Waals surface area contributed by atoms with Gasteiger partial charge in [0.1, 0.15) is 0 Å². The molecule has 1 saturated heterocycles. The minimum Gasteiger partial charge on any atom is -0.310 e. The van der Waals surface area contributed by atoms with Crippen LogP contribution in [0.2, 0.25) is 0 Å². The lowest BCUT2D eigenvalue weighted by Gasteiger charge is -2.35. The normalized spacial score (nSPS) is 25.9. The zero-order valence-electron chi connectivity index (χ0n) is 9.72. The van der Waals surface area contributed by atoms with Crippen molar-refractivity contribution >= 4 is 23.4 Å². The van der Waals surface area contributed by atoms with Crippen molar-refractivity contribution in [1.82, 2.24) is 0 Å². The number of hydrogen-bond donors (Lipinski definition) is 0. The lowest BCUT2D eigenvalue weighted by Crippen LogP contribution is -2.46. The van der Waals surface area contributed by atoms with Gasteiger partial charge in [-0.1, -0.05) is 32.0 Å². The highest BCUT2D eigenvalue weighted by Gasteiger charge is 2.32. The average Bonchev–Trinajstić information content (AvgIpc) is 2.33. The number of thioether (sulfide) groups is 1. The van der Waals surface area contributed by atoms with Gasteiger partial charge in [-0.25, -0.2) is 0 Å². The lowest BCUT2D eigenvalue weighted by molar-refractivity contribution is -0.118. The van der Waals surface area contributed by atoms with Crippen LogP contribution in [0.3, 0.4) is 0 Å². The Bertz CT molecular complexity index is 365. The number of hydrogen-bond acceptors (Lipinski definition) is 2. The number of rotatable bonds is 2. The van der Waals surface area contributed by atoms with Gasteiger partial charge in [-0.3, -0.25) is 4.79 Å². The van der Waals surface area contributed by atoms with Gasteiger partial charge in [0.25, 0.3) is 0 Å². The summed E-state index contributed by atoms with van der Waals surface area (Å²) in [5.41, 5.74) is 1.03. The first-order valence-electron chi connectivity index (χ1n) is 5.74. The van der Waals surface area contributed by atoms with Gasteiger partial charge in [-0.15, -0.1) is 11.8 Å². The minimum absolute atomic E-state index is 0.129. The minimum atomic E-state index is 0.129. The first kappa shape index (κ1) is 11.5. The van der Waals surface area contributed by atoms with Crippen molar-refractivity contribution in [3.05, 3.63) is 30.3 Å². The number of carbonyl (C=O) groups is 1. The quantitative estimate of drug-likeness (QED) is 0.785. The van der Waals surface area contributed by atoms with Crippen LogP contribution in [0.15, 0.2) is 30.3 Å². The van der Waals surface area contributed by atoms with Crippen molar-refractivity contribution in [3.8, 4) is 0 Å². The zero-order chi connectivity index (χ0) is 11.5. The summed E-state index contributed by atoms with van der Waals surface area (Å²) in [7, 11) is 0. The fourth-order valence-electron chi connectivity index (χ4n) is 2.01. The third-order valence-electron chi connectivity index (χ3n) is 2.82. The standard InChI is InChI=1S/C13H17NOS/c1-3-12-13(15)14(9-10(2)16-12)11-7-5-4-6-8-11/h4-8,10,12H,3,9H2,1-2H3. The van der Waals surface area contributed by atoms with Crippen LogP contribution in [0.4, 0.5) is 5.69 Å². The van der Waals surface area contributed by atoms with Crippen LogP contribution < -0.4 is 4.90 Å². The van der Waals surface area contributed by atoms with Crippen molar-refractivity contribution < 1.29 is 4.79 Å². The predicted octanol–water partition coefficient (Wildman–Crippen LogP) is 2.93. The summed E-state index contributed by atoms with van der Waals surface area (Å²) < 4.78 is 0. The number of benzene rings is 1. The molecule has 3 heteroatoms. The van der Waals surface area contributed by atoms with Crippen LogP contribution in [0.1, 0.15) is 20.3 Å². The molecule has 0 aromatic heterocycles. The largest absolute Gasteiger partial charge is 0.310 e. The van der Waals surface area contributed by atoms with Crippen LogP contribution in [-0.2, 0) is 4.79 Å². The lowest BCUT2D eigenvalue weighted by atomic mass is 10.2. The van der Waals surface area contributed by atoms with Crippen LogP contribution in [-0.4, -0.2) is 23.0 Å². The van der Waals surface area contributed by atoms with Gasteiger partial charge >= 0.3 is 0 Å². The zero-order valence-corrected chi connectivity index (χ0v) is 10.5. The molecule has 0 aliphatic carbocycles. The van der Waals surface area contributed by atoms with Gasteiger partial charge in [0.2, 0.25) is 5.91 Å². The van der Waals surface area contributed by atoms with Gasteiger partial charge in [0.05, 0.1) is 5.25 Å². The second kappa shape index (κ2) is 4.91. The number of anilines is 1. The van der Waals surface area contributed by atoms with Gasteiger partial charge < -0.3 is 4.90 Å². The maximum atomic E-state index is 12.2. The van der Waals surface area contributed by atoms with E-state index in [-0.39, 0.29) is 11.2 Å². The van der Waals surface area contributed by atoms with Crippen molar-refractivity contribution in [2.45, 2.75) is 30.8 Å². The Morgan fingerprint density at radius 2 is 2.06 bits per heavy atom. The summed E-state index contributed by atoms with van der Waals surface area (Å²) in [5.74, 6) is 0.261. The first-order chi connectivity index (χ1) is 7.72. The Labute approximate surface area is 101 Å². The van der Waals surface area contributed by atoms with Gasteiger partial charge in [0, 0.05) is 17.5 Å². The highest BCUT2D eigenvalue weighted by atomic mass is 32.2. The number of carbonyl (C=O) groups excluding carboxylic acids is 1. The molecule has 2 nitrogen and oxygen atoms in total. The van der Waals surface area contributed by atoms with Crippen LogP contribution >= 0.6 is 11.8 Å². The van der Waals surface area contributed by atoms with E-state index in [1.54, 1.807) is 11.8 Å². The topological polar surface area (TPSA) is 20.3 Å². The molecule has 0 saturated carbocycles. The Morgan fingerprint density at radius 1 is 1.38 bits per heavy atom. The maximum Gasteiger partial charge on any atom is 0.240 e. The smallest absolute Gasteiger partial charge is 0.240 e. The average molecular weight is 235 g/mol. The third kappa shape index (κ3) is 2.24. The van der Waals surface area contributed by atoms with E-state index in [1.807, 2.05) is 35.2 Å². The molecule has 16 heavy (non-hydrogen) atoms. The molecule has 1 aromatic rings. The molecule has 1 aliphatic rings. The summed E-state index contributed by atoms with van der Waals surface area (Å²) in [6.45, 7) is 5.09. The summed E-state index contributed by atoms with van der Waals surface area (Å²) in [6.07, 6.45) is 0.914. The van der Waals surface area contributed by atoms with Crippen LogP contribution in [0.25, 0.3) is 0 Å². The van der Waals surface area contributed by atoms with Crippen molar-refractivity contribution in [1.29, 1.82) is 0 Å². The van der Waals surface area contributed by atoms with Crippen LogP contribution in [0.5, 0.6) is 0 Å². The van der Waals surface area contributed by atoms with E-state index in [4.69, 9.17) is 0 Å². The van der Waals surface area contributed by atoms with Gasteiger partial charge in [-0.2, -0.15) is 0 Å². The van der Waals surface area contributed by atoms with Crippen LogP contribution in [0, 0.1) is 0 Å². The number of amides is 1. The molecule has 0 radical (unpaired) electrons. The SMILES string of the molecule is CCC1SC(C)CN(c2ccccc2)C1=O. The number of para-hydroxylation sites is 1. The fourth-order valence-corrected chi connectivity index (χ4v) is 3.25. The summed E-state index contributed by atoms with van der Waals surface area (Å²) in [6, 6.07) is 9.96. The highest BCUT2D eigenvalue weighted by Crippen LogP contribution is 2.31. The van der Waals surface area contributed by atoms with E-state index in [9.17, 15) is 4.79 Å². The molecule has 1 fully saturated rings. The molecule has 2 unspecified atom stereocenters. The number of nitrogens with zero attached hydrogens (tertiary/aromatic N) is 1. The molecule has 2 rings (SSSR count). The van der Waals surface area contributed by atoms with Crippen molar-refractivity contribution in [2.24, 2.45) is 0 Å². The Morgan fingerprint density at radius 3 is 2.69 bits per heavy atom. The molecule has 86 valence electrons. The molecular formula is C13H17NOS. The second-order valence-corrected chi connectivity index (χ2v) is 5.77. The van der Waals surface area contributed by atoms with E-state index >= 15 is 0 Å². The van der Waals surface area contributed by atoms with Crippen molar-refractivity contribution in [2.75, 3.05) is 11.4 Å². The fraction of sp³-hybridized carbons (Fsp3) is 0.462. The molecule has 1 amide bonds. The molecule has 1 aliphatic heterocycles.